The van der Waals surface area contributed by atoms with Crippen LogP contribution in [0.15, 0.2) is 12.3 Å². The molecule has 0 spiro atoms. The van der Waals surface area contributed by atoms with Crippen molar-refractivity contribution in [2.75, 3.05) is 0 Å². The number of pyridine rings is 1. The molecule has 1 aromatic rings. The minimum absolute atomic E-state index is 0.0101. The largest absolute Gasteiger partial charge is 0.364 e. The minimum Gasteiger partial charge on any atom is -0.364 e. The lowest BCUT2D eigenvalue weighted by atomic mass is 10.2. The molecule has 53 valence electrons. The van der Waals surface area contributed by atoms with Gasteiger partial charge in [0.05, 0.1) is 11.6 Å². The minimum atomic E-state index is -0.679. The molecular weight excluding hydrogens is 142 g/mol. The van der Waals surface area contributed by atoms with E-state index >= 15 is 0 Å². The lowest BCUT2D eigenvalue weighted by Gasteiger charge is -1.91. The van der Waals surface area contributed by atoms with Gasteiger partial charge in [-0.15, -0.1) is 0 Å². The topological polar surface area (TPSA) is 79.8 Å². The second-order valence-electron chi connectivity index (χ2n) is 1.81. The molecule has 0 atom stereocenters. The number of carbonyl (C=O) groups excluding carboxylic acids is 1. The summed E-state index contributed by atoms with van der Waals surface area (Å²) in [5.41, 5.74) is 5.14. The van der Waals surface area contributed by atoms with Gasteiger partial charge in [0.1, 0.15) is 5.69 Å². The van der Waals surface area contributed by atoms with Crippen molar-refractivity contribution < 1.29 is 4.79 Å². The number of hydrogen-bond donors (Lipinski definition) is 1. The third kappa shape index (κ3) is 1.52. The van der Waals surface area contributed by atoms with Gasteiger partial charge in [0.2, 0.25) is 0 Å². The molecule has 0 saturated heterocycles. The first-order valence-electron chi connectivity index (χ1n) is 2.82. The number of rotatable bonds is 1. The van der Waals surface area contributed by atoms with Gasteiger partial charge in [-0.25, -0.2) is 0 Å². The highest BCUT2D eigenvalue weighted by Crippen LogP contribution is 1.96. The van der Waals surface area contributed by atoms with E-state index in [1.54, 1.807) is 0 Å². The summed E-state index contributed by atoms with van der Waals surface area (Å²) in [6.45, 7) is 0. The molecular formula is C7H4N3O. The van der Waals surface area contributed by atoms with Crippen LogP contribution in [-0.2, 0) is 0 Å². The summed E-state index contributed by atoms with van der Waals surface area (Å²) < 4.78 is 0. The van der Waals surface area contributed by atoms with Crippen molar-refractivity contribution in [1.82, 2.24) is 4.98 Å². The van der Waals surface area contributed by atoms with E-state index in [1.807, 2.05) is 6.07 Å². The Morgan fingerprint density at radius 3 is 3.09 bits per heavy atom. The number of hydrogen-bond acceptors (Lipinski definition) is 3. The average Bonchev–Trinajstić information content (AvgIpc) is 2.05. The molecule has 0 aromatic carbocycles. The Morgan fingerprint density at radius 2 is 2.55 bits per heavy atom. The lowest BCUT2D eigenvalue weighted by Crippen LogP contribution is -2.13. The van der Waals surface area contributed by atoms with Gasteiger partial charge in [0.25, 0.3) is 5.91 Å². The third-order valence-electron chi connectivity index (χ3n) is 1.05. The van der Waals surface area contributed by atoms with Crippen LogP contribution in [0.25, 0.3) is 0 Å². The van der Waals surface area contributed by atoms with E-state index in [0.29, 0.717) is 0 Å². The average molecular weight is 146 g/mol. The smallest absolute Gasteiger partial charge is 0.267 e. The Labute approximate surface area is 63.3 Å². The zero-order valence-corrected chi connectivity index (χ0v) is 5.53. The fraction of sp³-hybridized carbons (Fsp3) is 0. The van der Waals surface area contributed by atoms with E-state index in [-0.39, 0.29) is 11.3 Å². The molecule has 2 N–H and O–H groups in total. The fourth-order valence-corrected chi connectivity index (χ4v) is 0.578. The van der Waals surface area contributed by atoms with Crippen LogP contribution >= 0.6 is 0 Å². The van der Waals surface area contributed by atoms with Crippen LogP contribution in [0.2, 0.25) is 0 Å². The molecule has 0 aliphatic heterocycles. The van der Waals surface area contributed by atoms with Crippen molar-refractivity contribution in [3.05, 3.63) is 29.6 Å². The number of nitriles is 1. The van der Waals surface area contributed by atoms with E-state index in [1.165, 1.54) is 12.3 Å². The van der Waals surface area contributed by atoms with Gasteiger partial charge >= 0.3 is 0 Å². The number of primary amides is 1. The predicted molar refractivity (Wildman–Crippen MR) is 36.3 cm³/mol. The van der Waals surface area contributed by atoms with Crippen molar-refractivity contribution in [3.8, 4) is 6.07 Å². The van der Waals surface area contributed by atoms with Gasteiger partial charge in [-0.2, -0.15) is 5.26 Å². The molecule has 0 bridgehead atoms. The first-order chi connectivity index (χ1) is 5.24. The highest BCUT2D eigenvalue weighted by Gasteiger charge is 2.01. The first-order valence-corrected chi connectivity index (χ1v) is 2.82. The summed E-state index contributed by atoms with van der Waals surface area (Å²) in [5, 5.41) is 8.38. The van der Waals surface area contributed by atoms with Gasteiger partial charge < -0.3 is 5.73 Å². The van der Waals surface area contributed by atoms with Gasteiger partial charge in [-0.1, -0.05) is 0 Å². The molecule has 1 heterocycles. The zero-order valence-electron chi connectivity index (χ0n) is 5.53. The summed E-state index contributed by atoms with van der Waals surface area (Å²) in [5.74, 6) is -0.679. The summed E-state index contributed by atoms with van der Waals surface area (Å²) in [4.78, 5) is 14.1. The Kier molecular flexibility index (Phi) is 1.83. The van der Waals surface area contributed by atoms with Gasteiger partial charge in [0.15, 0.2) is 0 Å². The quantitative estimate of drug-likeness (QED) is 0.598. The fourth-order valence-electron chi connectivity index (χ4n) is 0.578. The second kappa shape index (κ2) is 2.80. The Balaban J connectivity index is 3.13. The molecule has 1 rings (SSSR count). The molecule has 4 heteroatoms. The van der Waals surface area contributed by atoms with Gasteiger partial charge in [-0.05, 0) is 6.07 Å². The predicted octanol–water partition coefficient (Wildman–Crippen LogP) is -0.148. The monoisotopic (exact) mass is 146 g/mol. The number of nitrogens with two attached hydrogens (primary N) is 1. The van der Waals surface area contributed by atoms with E-state index in [0.717, 1.165) is 0 Å². The lowest BCUT2D eigenvalue weighted by molar-refractivity contribution is 0.0995. The number of carbonyl (C=O) groups is 1. The molecule has 1 aromatic heterocycles. The number of aromatic nitrogens is 1. The van der Waals surface area contributed by atoms with Crippen LogP contribution in [0.1, 0.15) is 16.1 Å². The van der Waals surface area contributed by atoms with Gasteiger partial charge in [0, 0.05) is 12.3 Å². The number of nitrogens with zero attached hydrogens (tertiary/aromatic N) is 2. The molecule has 0 aliphatic carbocycles. The molecule has 1 radical (unpaired) electrons. The van der Waals surface area contributed by atoms with Crippen LogP contribution in [0, 0.1) is 17.4 Å². The van der Waals surface area contributed by atoms with E-state index in [4.69, 9.17) is 11.0 Å². The second-order valence-corrected chi connectivity index (χ2v) is 1.81. The highest BCUT2D eigenvalue weighted by molar-refractivity contribution is 5.90. The number of amides is 1. The van der Waals surface area contributed by atoms with Crippen molar-refractivity contribution >= 4 is 5.91 Å². The van der Waals surface area contributed by atoms with Crippen LogP contribution in [-0.4, -0.2) is 10.9 Å². The van der Waals surface area contributed by atoms with E-state index in [2.05, 4.69) is 11.1 Å². The van der Waals surface area contributed by atoms with Crippen LogP contribution in [0.3, 0.4) is 0 Å². The maximum atomic E-state index is 10.5. The third-order valence-corrected chi connectivity index (χ3v) is 1.05. The molecule has 0 saturated carbocycles. The molecule has 11 heavy (non-hydrogen) atoms. The van der Waals surface area contributed by atoms with Crippen molar-refractivity contribution in [2.24, 2.45) is 5.73 Å². The maximum Gasteiger partial charge on any atom is 0.267 e. The van der Waals surface area contributed by atoms with E-state index in [9.17, 15) is 4.79 Å². The molecule has 0 aliphatic rings. The summed E-state index contributed by atoms with van der Waals surface area (Å²) in [6, 6.07) is 5.72. The van der Waals surface area contributed by atoms with Crippen molar-refractivity contribution in [3.63, 3.8) is 0 Å². The Morgan fingerprint density at radius 1 is 1.82 bits per heavy atom. The first kappa shape index (κ1) is 7.22. The summed E-state index contributed by atoms with van der Waals surface area (Å²) >= 11 is 0. The molecule has 0 unspecified atom stereocenters. The Bertz CT molecular complexity index is 327. The molecule has 0 fully saturated rings. The normalized spacial score (nSPS) is 8.64. The van der Waals surface area contributed by atoms with Crippen molar-refractivity contribution in [2.45, 2.75) is 0 Å². The Hall–Kier alpha value is -1.89. The van der Waals surface area contributed by atoms with Crippen LogP contribution < -0.4 is 5.73 Å². The summed E-state index contributed by atoms with van der Waals surface area (Å²) in [6.07, 6.45) is 1.34. The SMILES string of the molecule is N#Cc1[c]c(C(N)=O)ncc1. The maximum absolute atomic E-state index is 10.5. The highest BCUT2D eigenvalue weighted by atomic mass is 16.1. The van der Waals surface area contributed by atoms with E-state index < -0.39 is 5.91 Å². The zero-order chi connectivity index (χ0) is 8.27. The molecule has 4 nitrogen and oxygen atoms in total. The van der Waals surface area contributed by atoms with Crippen LogP contribution in [0.5, 0.6) is 0 Å². The summed E-state index contributed by atoms with van der Waals surface area (Å²) in [7, 11) is 0. The van der Waals surface area contributed by atoms with Crippen molar-refractivity contribution in [1.29, 1.82) is 5.26 Å². The molecule has 1 amide bonds. The van der Waals surface area contributed by atoms with Gasteiger partial charge in [-0.3, -0.25) is 9.78 Å². The standard InChI is InChI=1S/C7H4N3O/c8-4-5-1-2-10-6(3-5)7(9)11/h1-2H,(H2,9,11). The van der Waals surface area contributed by atoms with Crippen LogP contribution in [0.4, 0.5) is 0 Å².